The van der Waals surface area contributed by atoms with Crippen LogP contribution in [0.5, 0.6) is 0 Å². The maximum atomic E-state index is 12.2. The van der Waals surface area contributed by atoms with Crippen molar-refractivity contribution in [2.45, 2.75) is 77.0 Å². The topological polar surface area (TPSA) is 41.6 Å². The number of methoxy groups -OCH3 is 1. The second-order valence-electron chi connectivity index (χ2n) is 6.42. The summed E-state index contributed by atoms with van der Waals surface area (Å²) in [6, 6.07) is 0.580. The van der Waals surface area contributed by atoms with Crippen LogP contribution in [0.1, 0.15) is 59.3 Å². The number of carbonyl (C=O) groups excluding carboxylic acids is 1. The zero-order chi connectivity index (χ0) is 14.5. The fraction of sp³-hybridized carbons (Fsp3) is 0.933. The van der Waals surface area contributed by atoms with E-state index < -0.39 is 0 Å². The third-order valence-corrected chi connectivity index (χ3v) is 4.16. The maximum absolute atomic E-state index is 12.2. The van der Waals surface area contributed by atoms with Crippen LogP contribution in [0, 0.1) is 0 Å². The maximum Gasteiger partial charge on any atom is 0.317 e. The molecule has 4 nitrogen and oxygen atoms in total. The minimum absolute atomic E-state index is 0.0475. The predicted octanol–water partition coefficient (Wildman–Crippen LogP) is 3.16. The van der Waals surface area contributed by atoms with Gasteiger partial charge in [0.25, 0.3) is 0 Å². The average Bonchev–Trinajstić information content (AvgIpc) is 2.38. The summed E-state index contributed by atoms with van der Waals surface area (Å²) in [5.74, 6) is 0. The van der Waals surface area contributed by atoms with Gasteiger partial charge in [-0.1, -0.05) is 19.3 Å². The molecule has 4 heteroatoms. The van der Waals surface area contributed by atoms with Gasteiger partial charge < -0.3 is 15.0 Å². The number of nitrogens with zero attached hydrogens (tertiary/aromatic N) is 1. The lowest BCUT2D eigenvalue weighted by molar-refractivity contribution is 0.00905. The van der Waals surface area contributed by atoms with Crippen LogP contribution in [-0.4, -0.2) is 42.8 Å². The van der Waals surface area contributed by atoms with Gasteiger partial charge in [-0.15, -0.1) is 0 Å². The van der Waals surface area contributed by atoms with E-state index in [0.29, 0.717) is 6.04 Å². The molecule has 2 amide bonds. The first-order valence-electron chi connectivity index (χ1n) is 7.44. The van der Waals surface area contributed by atoms with Crippen molar-refractivity contribution in [1.29, 1.82) is 0 Å². The van der Waals surface area contributed by atoms with E-state index >= 15 is 0 Å². The summed E-state index contributed by atoms with van der Waals surface area (Å²) in [7, 11) is 3.63. The molecule has 112 valence electrons. The summed E-state index contributed by atoms with van der Waals surface area (Å²) in [6.07, 6.45) is 6.89. The number of carbonyl (C=O) groups is 1. The van der Waals surface area contributed by atoms with E-state index in [0.717, 1.165) is 19.3 Å². The van der Waals surface area contributed by atoms with Crippen molar-refractivity contribution in [2.75, 3.05) is 14.2 Å². The average molecular weight is 270 g/mol. The van der Waals surface area contributed by atoms with Crippen LogP contribution in [0.25, 0.3) is 0 Å². The van der Waals surface area contributed by atoms with Gasteiger partial charge in [0.2, 0.25) is 0 Å². The van der Waals surface area contributed by atoms with E-state index in [1.54, 1.807) is 7.11 Å². The van der Waals surface area contributed by atoms with Gasteiger partial charge >= 0.3 is 6.03 Å². The van der Waals surface area contributed by atoms with Crippen molar-refractivity contribution in [1.82, 2.24) is 10.2 Å². The Hall–Kier alpha value is -0.770. The monoisotopic (exact) mass is 270 g/mol. The number of rotatable bonds is 5. The second kappa shape index (κ2) is 7.13. The van der Waals surface area contributed by atoms with E-state index in [4.69, 9.17) is 4.74 Å². The summed E-state index contributed by atoms with van der Waals surface area (Å²) in [6.45, 7) is 6.12. The lowest BCUT2D eigenvalue weighted by atomic mass is 9.94. The molecule has 0 saturated heterocycles. The highest BCUT2D eigenvalue weighted by Gasteiger charge is 2.25. The van der Waals surface area contributed by atoms with Gasteiger partial charge in [-0.05, 0) is 40.0 Å². The summed E-state index contributed by atoms with van der Waals surface area (Å²) in [4.78, 5) is 14.1. The Bertz CT molecular complexity index is 286. The fourth-order valence-corrected chi connectivity index (χ4v) is 2.82. The van der Waals surface area contributed by atoms with Crippen LogP contribution in [0.2, 0.25) is 0 Å². The molecule has 0 aliphatic heterocycles. The Morgan fingerprint density at radius 3 is 2.47 bits per heavy atom. The molecule has 0 aromatic carbocycles. The van der Waals surface area contributed by atoms with Crippen LogP contribution in [0.3, 0.4) is 0 Å². The van der Waals surface area contributed by atoms with Gasteiger partial charge in [0, 0.05) is 26.2 Å². The molecule has 1 unspecified atom stereocenters. The van der Waals surface area contributed by atoms with Crippen LogP contribution in [0.4, 0.5) is 4.79 Å². The Balaban J connectivity index is 2.40. The Morgan fingerprint density at radius 1 is 1.37 bits per heavy atom. The fourth-order valence-electron chi connectivity index (χ4n) is 2.82. The number of amides is 2. The summed E-state index contributed by atoms with van der Waals surface area (Å²) >= 11 is 0. The molecular formula is C15H30N2O2. The molecule has 1 saturated carbocycles. The van der Waals surface area contributed by atoms with E-state index in [1.807, 2.05) is 32.7 Å². The van der Waals surface area contributed by atoms with Gasteiger partial charge in [-0.25, -0.2) is 4.79 Å². The van der Waals surface area contributed by atoms with Gasteiger partial charge in [-0.3, -0.25) is 0 Å². The van der Waals surface area contributed by atoms with Crippen LogP contribution >= 0.6 is 0 Å². The Labute approximate surface area is 117 Å². The summed E-state index contributed by atoms with van der Waals surface area (Å²) in [5.41, 5.74) is -0.198. The molecule has 1 aliphatic rings. The Morgan fingerprint density at radius 2 is 1.95 bits per heavy atom. The van der Waals surface area contributed by atoms with E-state index in [-0.39, 0.29) is 17.7 Å². The molecule has 1 N–H and O–H groups in total. The molecule has 0 aromatic rings. The van der Waals surface area contributed by atoms with Crippen molar-refractivity contribution >= 4 is 6.03 Å². The number of hydrogen-bond acceptors (Lipinski definition) is 2. The molecule has 0 radical (unpaired) electrons. The number of urea groups is 1. The quantitative estimate of drug-likeness (QED) is 0.833. The lowest BCUT2D eigenvalue weighted by Gasteiger charge is -2.33. The van der Waals surface area contributed by atoms with E-state index in [2.05, 4.69) is 5.32 Å². The SMILES string of the molecule is COC(C)(C)CC(C)NC(=O)N(C)C1CCCCC1. The molecule has 0 aromatic heterocycles. The zero-order valence-electron chi connectivity index (χ0n) is 13.2. The van der Waals surface area contributed by atoms with Crippen molar-refractivity contribution in [3.63, 3.8) is 0 Å². The summed E-state index contributed by atoms with van der Waals surface area (Å²) < 4.78 is 5.40. The van der Waals surface area contributed by atoms with Gasteiger partial charge in [0.05, 0.1) is 5.60 Å². The molecule has 1 aliphatic carbocycles. The molecule has 19 heavy (non-hydrogen) atoms. The predicted molar refractivity (Wildman–Crippen MR) is 78.3 cm³/mol. The highest BCUT2D eigenvalue weighted by atomic mass is 16.5. The smallest absolute Gasteiger partial charge is 0.317 e. The molecule has 0 heterocycles. The highest BCUT2D eigenvalue weighted by Crippen LogP contribution is 2.22. The summed E-state index contributed by atoms with van der Waals surface area (Å²) in [5, 5.41) is 3.07. The van der Waals surface area contributed by atoms with Gasteiger partial charge in [0.15, 0.2) is 0 Å². The molecule has 1 atom stereocenters. The van der Waals surface area contributed by atoms with Crippen molar-refractivity contribution < 1.29 is 9.53 Å². The largest absolute Gasteiger partial charge is 0.379 e. The minimum Gasteiger partial charge on any atom is -0.379 e. The minimum atomic E-state index is -0.198. The van der Waals surface area contributed by atoms with Crippen molar-refractivity contribution in [2.24, 2.45) is 0 Å². The van der Waals surface area contributed by atoms with Gasteiger partial charge in [-0.2, -0.15) is 0 Å². The molecule has 0 bridgehead atoms. The first kappa shape index (κ1) is 16.3. The number of ether oxygens (including phenoxy) is 1. The van der Waals surface area contributed by atoms with Crippen LogP contribution in [0.15, 0.2) is 0 Å². The second-order valence-corrected chi connectivity index (χ2v) is 6.42. The third kappa shape index (κ3) is 5.39. The lowest BCUT2D eigenvalue weighted by Crippen LogP contribution is -2.48. The third-order valence-electron chi connectivity index (χ3n) is 4.16. The molecule has 0 spiro atoms. The Kier molecular flexibility index (Phi) is 6.11. The normalized spacial score (nSPS) is 19.0. The van der Waals surface area contributed by atoms with Crippen LogP contribution < -0.4 is 5.32 Å². The first-order valence-corrected chi connectivity index (χ1v) is 7.44. The molecule has 1 rings (SSSR count). The van der Waals surface area contributed by atoms with Crippen molar-refractivity contribution in [3.8, 4) is 0 Å². The first-order chi connectivity index (χ1) is 8.85. The zero-order valence-corrected chi connectivity index (χ0v) is 13.2. The van der Waals surface area contributed by atoms with E-state index in [9.17, 15) is 4.79 Å². The highest BCUT2D eigenvalue weighted by molar-refractivity contribution is 5.74. The van der Waals surface area contributed by atoms with Crippen molar-refractivity contribution in [3.05, 3.63) is 0 Å². The molecular weight excluding hydrogens is 240 g/mol. The van der Waals surface area contributed by atoms with Gasteiger partial charge in [0.1, 0.15) is 0 Å². The van der Waals surface area contributed by atoms with Crippen LogP contribution in [-0.2, 0) is 4.74 Å². The standard InChI is InChI=1S/C15H30N2O2/c1-12(11-15(2,3)19-5)16-14(18)17(4)13-9-7-6-8-10-13/h12-13H,6-11H2,1-5H3,(H,16,18). The van der Waals surface area contributed by atoms with E-state index in [1.165, 1.54) is 19.3 Å². The molecule has 1 fully saturated rings. The number of nitrogens with one attached hydrogen (secondary N) is 1. The number of hydrogen-bond donors (Lipinski definition) is 1.